The van der Waals surface area contributed by atoms with Gasteiger partial charge >= 0.3 is 15.2 Å². The molecule has 4 N–H and O–H groups in total. The molecule has 0 radical (unpaired) electrons. The van der Waals surface area contributed by atoms with Gasteiger partial charge < -0.3 is 19.6 Å². The van der Waals surface area contributed by atoms with Crippen LogP contribution in [0.5, 0.6) is 0 Å². The molecule has 0 aromatic heterocycles. The van der Waals surface area contributed by atoms with Gasteiger partial charge in [-0.2, -0.15) is 5.26 Å². The maximum Gasteiger partial charge on any atom is 0.358 e. The highest BCUT2D eigenvalue weighted by molar-refractivity contribution is 7.73. The molecule has 0 aromatic rings. The molecule has 0 fully saturated rings. The molecular formula is C4H9NO6P2. The van der Waals surface area contributed by atoms with Crippen LogP contribution in [0.2, 0.25) is 0 Å². The third-order valence-corrected chi connectivity index (χ3v) is 5.96. The van der Waals surface area contributed by atoms with Crippen LogP contribution >= 0.6 is 15.2 Å². The van der Waals surface area contributed by atoms with Crippen LogP contribution < -0.4 is 0 Å². The van der Waals surface area contributed by atoms with E-state index in [0.717, 1.165) is 13.0 Å². The molecule has 13 heavy (non-hydrogen) atoms. The van der Waals surface area contributed by atoms with Crippen molar-refractivity contribution in [1.82, 2.24) is 0 Å². The summed E-state index contributed by atoms with van der Waals surface area (Å²) in [6.45, 7) is 1.13. The highest BCUT2D eigenvalue weighted by Crippen LogP contribution is 2.70. The lowest BCUT2D eigenvalue weighted by Gasteiger charge is -2.26. The van der Waals surface area contributed by atoms with Gasteiger partial charge in [0.25, 0.3) is 4.90 Å². The van der Waals surface area contributed by atoms with Crippen LogP contribution in [-0.2, 0) is 9.13 Å². The van der Waals surface area contributed by atoms with Crippen LogP contribution in [0, 0.1) is 11.3 Å². The van der Waals surface area contributed by atoms with Crippen LogP contribution in [0.15, 0.2) is 0 Å². The van der Waals surface area contributed by atoms with Gasteiger partial charge in [0.1, 0.15) is 0 Å². The van der Waals surface area contributed by atoms with Gasteiger partial charge in [-0.15, -0.1) is 0 Å². The second-order valence-corrected chi connectivity index (χ2v) is 6.43. The van der Waals surface area contributed by atoms with E-state index in [1.807, 2.05) is 0 Å². The summed E-state index contributed by atoms with van der Waals surface area (Å²) in [5.41, 5.74) is 0. The summed E-state index contributed by atoms with van der Waals surface area (Å²) in [5, 5.41) is 8.41. The van der Waals surface area contributed by atoms with E-state index in [9.17, 15) is 9.13 Å². The van der Waals surface area contributed by atoms with Crippen molar-refractivity contribution in [3.8, 4) is 6.07 Å². The van der Waals surface area contributed by atoms with E-state index in [0.29, 0.717) is 0 Å². The molecule has 76 valence electrons. The van der Waals surface area contributed by atoms with Gasteiger partial charge in [0.2, 0.25) is 0 Å². The van der Waals surface area contributed by atoms with Gasteiger partial charge in [0, 0.05) is 0 Å². The average molecular weight is 229 g/mol. The van der Waals surface area contributed by atoms with Crippen molar-refractivity contribution in [1.29, 1.82) is 5.26 Å². The number of nitriles is 1. The Bertz CT molecular complexity index is 298. The lowest BCUT2D eigenvalue weighted by atomic mass is 10.3. The summed E-state index contributed by atoms with van der Waals surface area (Å²) in [4.78, 5) is 31.7. The van der Waals surface area contributed by atoms with Crippen molar-refractivity contribution < 1.29 is 28.7 Å². The molecule has 0 aliphatic heterocycles. The molecule has 0 bridgehead atoms. The van der Waals surface area contributed by atoms with E-state index >= 15 is 0 Å². The Morgan fingerprint density at radius 1 is 1.23 bits per heavy atom. The Labute approximate surface area is 74.3 Å². The van der Waals surface area contributed by atoms with E-state index < -0.39 is 26.5 Å². The summed E-state index contributed by atoms with van der Waals surface area (Å²) in [5.74, 6) is 0. The van der Waals surface area contributed by atoms with Gasteiger partial charge in [-0.3, -0.25) is 9.13 Å². The SMILES string of the molecule is CCC(C#N)(P(=O)(O)O)P(=O)(O)O. The van der Waals surface area contributed by atoms with Crippen LogP contribution in [-0.4, -0.2) is 24.5 Å². The van der Waals surface area contributed by atoms with Gasteiger partial charge in [-0.1, -0.05) is 6.92 Å². The Morgan fingerprint density at radius 2 is 1.54 bits per heavy atom. The summed E-state index contributed by atoms with van der Waals surface area (Å²) in [7, 11) is -10.3. The maximum absolute atomic E-state index is 10.7. The molecule has 0 heterocycles. The second kappa shape index (κ2) is 3.50. The molecule has 0 amide bonds. The zero-order chi connectivity index (χ0) is 10.9. The van der Waals surface area contributed by atoms with Crippen LogP contribution in [0.1, 0.15) is 13.3 Å². The van der Waals surface area contributed by atoms with Crippen LogP contribution in [0.3, 0.4) is 0 Å². The molecule has 7 nitrogen and oxygen atoms in total. The topological polar surface area (TPSA) is 139 Å². The minimum absolute atomic E-state index is 0.613. The van der Waals surface area contributed by atoms with Crippen LogP contribution in [0.4, 0.5) is 0 Å². The minimum atomic E-state index is -5.15. The zero-order valence-electron chi connectivity index (χ0n) is 6.65. The van der Waals surface area contributed by atoms with Gasteiger partial charge in [0.05, 0.1) is 6.07 Å². The lowest BCUT2D eigenvalue weighted by Crippen LogP contribution is -2.25. The first-order chi connectivity index (χ1) is 5.62. The van der Waals surface area contributed by atoms with Crippen LogP contribution in [0.25, 0.3) is 0 Å². The molecule has 0 saturated heterocycles. The first-order valence-electron chi connectivity index (χ1n) is 3.15. The molecule has 0 aromatic carbocycles. The maximum atomic E-state index is 10.7. The number of nitrogens with zero attached hydrogens (tertiary/aromatic N) is 1. The Morgan fingerprint density at radius 3 is 1.54 bits per heavy atom. The molecule has 0 rings (SSSR count). The first-order valence-corrected chi connectivity index (χ1v) is 6.37. The normalized spacial score (nSPS) is 13.8. The quantitative estimate of drug-likeness (QED) is 0.498. The van der Waals surface area contributed by atoms with Crippen molar-refractivity contribution in [2.24, 2.45) is 0 Å². The number of hydrogen-bond acceptors (Lipinski definition) is 3. The average Bonchev–Trinajstić information content (AvgIpc) is 1.84. The van der Waals surface area contributed by atoms with Crippen molar-refractivity contribution in [3.63, 3.8) is 0 Å². The fourth-order valence-electron chi connectivity index (χ4n) is 0.791. The van der Waals surface area contributed by atoms with Gasteiger partial charge in [-0.05, 0) is 6.42 Å². The van der Waals surface area contributed by atoms with E-state index in [2.05, 4.69) is 0 Å². The molecule has 0 aliphatic carbocycles. The van der Waals surface area contributed by atoms with E-state index in [-0.39, 0.29) is 0 Å². The van der Waals surface area contributed by atoms with E-state index in [1.54, 1.807) is 0 Å². The third kappa shape index (κ3) is 2.00. The van der Waals surface area contributed by atoms with E-state index in [1.165, 1.54) is 0 Å². The largest absolute Gasteiger partial charge is 0.358 e. The minimum Gasteiger partial charge on any atom is -0.323 e. The van der Waals surface area contributed by atoms with E-state index in [4.69, 9.17) is 24.8 Å². The summed E-state index contributed by atoms with van der Waals surface area (Å²) >= 11 is 0. The Hall–Kier alpha value is -0.210. The molecule has 0 unspecified atom stereocenters. The standard InChI is InChI=1S/C4H9NO6P2/c1-2-4(3-5,12(6,7)8)13(9,10)11/h2H2,1H3,(H2,6,7,8)(H2,9,10,11). The summed E-state index contributed by atoms with van der Waals surface area (Å²) in [6.07, 6.45) is -0.613. The summed E-state index contributed by atoms with van der Waals surface area (Å²) in [6, 6.07) is 1.02. The van der Waals surface area contributed by atoms with Crippen molar-refractivity contribution in [2.45, 2.75) is 18.2 Å². The Kier molecular flexibility index (Phi) is 3.45. The van der Waals surface area contributed by atoms with Crippen molar-refractivity contribution in [2.75, 3.05) is 0 Å². The number of rotatable bonds is 3. The fraction of sp³-hybridized carbons (Fsp3) is 0.750. The highest BCUT2D eigenvalue weighted by Gasteiger charge is 2.59. The van der Waals surface area contributed by atoms with Gasteiger partial charge in [0.15, 0.2) is 0 Å². The molecule has 0 aliphatic rings. The monoisotopic (exact) mass is 229 g/mol. The predicted octanol–water partition coefficient (Wildman–Crippen LogP) is -0.0283. The second-order valence-electron chi connectivity index (χ2n) is 2.37. The molecule has 0 atom stereocenters. The fourth-order valence-corrected chi connectivity index (χ4v) is 3.23. The molecule has 0 saturated carbocycles. The molecule has 9 heteroatoms. The number of hydrogen-bond donors (Lipinski definition) is 4. The zero-order valence-corrected chi connectivity index (χ0v) is 8.44. The highest BCUT2D eigenvalue weighted by atomic mass is 31.2. The third-order valence-electron chi connectivity index (χ3n) is 1.64. The molecular weight excluding hydrogens is 220 g/mol. The van der Waals surface area contributed by atoms with Crippen molar-refractivity contribution in [3.05, 3.63) is 0 Å². The Balaban J connectivity index is 5.64. The predicted molar refractivity (Wildman–Crippen MR) is 42.7 cm³/mol. The van der Waals surface area contributed by atoms with Gasteiger partial charge in [-0.25, -0.2) is 0 Å². The summed E-state index contributed by atoms with van der Waals surface area (Å²) < 4.78 is 21.5. The first kappa shape index (κ1) is 12.8. The smallest absolute Gasteiger partial charge is 0.323 e. The van der Waals surface area contributed by atoms with Crippen molar-refractivity contribution >= 4 is 15.2 Å². The lowest BCUT2D eigenvalue weighted by molar-refractivity contribution is 0.321. The molecule has 0 spiro atoms.